The van der Waals surface area contributed by atoms with E-state index in [0.29, 0.717) is 0 Å². The van der Waals surface area contributed by atoms with Crippen molar-refractivity contribution in [3.63, 3.8) is 0 Å². The van der Waals surface area contributed by atoms with Gasteiger partial charge < -0.3 is 5.11 Å². The van der Waals surface area contributed by atoms with E-state index >= 15 is 0 Å². The van der Waals surface area contributed by atoms with E-state index in [1.807, 2.05) is 26.0 Å². The molecule has 0 spiro atoms. The zero-order valence-corrected chi connectivity index (χ0v) is 8.84. The molecule has 0 aliphatic carbocycles. The molecule has 0 aliphatic rings. The van der Waals surface area contributed by atoms with Crippen LogP contribution in [0.3, 0.4) is 0 Å². The lowest BCUT2D eigenvalue weighted by molar-refractivity contribution is 0.0816. The summed E-state index contributed by atoms with van der Waals surface area (Å²) in [5.74, 6) is 0.730. The Morgan fingerprint density at radius 1 is 1.46 bits per heavy atom. The van der Waals surface area contributed by atoms with Crippen LogP contribution in [0.4, 0.5) is 0 Å². The Labute approximate surface area is 83.4 Å². The molecule has 0 amide bonds. The van der Waals surface area contributed by atoms with Crippen LogP contribution in [-0.4, -0.2) is 21.4 Å². The molecule has 0 saturated heterocycles. The van der Waals surface area contributed by atoms with E-state index in [-0.39, 0.29) is 0 Å². The Kier molecular flexibility index (Phi) is 3.75. The van der Waals surface area contributed by atoms with Crippen molar-refractivity contribution < 1.29 is 5.11 Å². The van der Waals surface area contributed by atoms with Crippen molar-refractivity contribution in [1.82, 2.24) is 4.98 Å². The Morgan fingerprint density at radius 2 is 2.08 bits per heavy atom. The highest BCUT2D eigenvalue weighted by Gasteiger charge is 2.17. The first-order valence-electron chi connectivity index (χ1n) is 4.39. The van der Waals surface area contributed by atoms with Gasteiger partial charge in [-0.3, -0.25) is 4.98 Å². The van der Waals surface area contributed by atoms with Gasteiger partial charge in [0.1, 0.15) is 0 Å². The quantitative estimate of drug-likeness (QED) is 0.752. The molecular formula is C10H15NOS. The Hall–Kier alpha value is -0.540. The lowest BCUT2D eigenvalue weighted by Gasteiger charge is -2.20. The molecular weight excluding hydrogens is 182 g/mol. The molecule has 0 radical (unpaired) electrons. The summed E-state index contributed by atoms with van der Waals surface area (Å²) in [6.45, 7) is 3.86. The molecule has 13 heavy (non-hydrogen) atoms. The lowest BCUT2D eigenvalue weighted by atomic mass is 10.1. The number of thioether (sulfide) groups is 1. The average molecular weight is 197 g/mol. The van der Waals surface area contributed by atoms with Gasteiger partial charge in [-0.25, -0.2) is 0 Å². The van der Waals surface area contributed by atoms with Gasteiger partial charge in [-0.05, 0) is 25.5 Å². The molecule has 2 nitrogen and oxygen atoms in total. The Bertz CT molecular complexity index is 248. The molecule has 72 valence electrons. The summed E-state index contributed by atoms with van der Waals surface area (Å²) in [7, 11) is 0. The van der Waals surface area contributed by atoms with E-state index in [0.717, 1.165) is 17.1 Å². The largest absolute Gasteiger partial charge is 0.389 e. The normalized spacial score (nSPS) is 15.3. The third kappa shape index (κ3) is 3.79. The van der Waals surface area contributed by atoms with Gasteiger partial charge >= 0.3 is 0 Å². The molecule has 0 aromatic carbocycles. The number of aromatic nitrogens is 1. The van der Waals surface area contributed by atoms with Gasteiger partial charge in [0, 0.05) is 23.0 Å². The van der Waals surface area contributed by atoms with Crippen LogP contribution in [0.1, 0.15) is 20.3 Å². The fourth-order valence-electron chi connectivity index (χ4n) is 0.775. The van der Waals surface area contributed by atoms with E-state index in [4.69, 9.17) is 0 Å². The van der Waals surface area contributed by atoms with Gasteiger partial charge in [0.05, 0.1) is 5.60 Å². The van der Waals surface area contributed by atoms with Crippen molar-refractivity contribution in [2.75, 3.05) is 5.75 Å². The second-order valence-electron chi connectivity index (χ2n) is 3.32. The molecule has 0 bridgehead atoms. The summed E-state index contributed by atoms with van der Waals surface area (Å²) in [5, 5.41) is 9.75. The van der Waals surface area contributed by atoms with Gasteiger partial charge in [0.25, 0.3) is 0 Å². The van der Waals surface area contributed by atoms with E-state index in [1.54, 1.807) is 24.2 Å². The predicted octanol–water partition coefficient (Wildman–Crippen LogP) is 2.33. The minimum Gasteiger partial charge on any atom is -0.389 e. The average Bonchev–Trinajstić information content (AvgIpc) is 2.17. The zero-order chi connectivity index (χ0) is 9.73. The van der Waals surface area contributed by atoms with Crippen LogP contribution in [0, 0.1) is 0 Å². The molecule has 1 N–H and O–H groups in total. The summed E-state index contributed by atoms with van der Waals surface area (Å²) in [6.07, 6.45) is 4.32. The van der Waals surface area contributed by atoms with Crippen molar-refractivity contribution in [3.8, 4) is 0 Å². The van der Waals surface area contributed by atoms with Crippen molar-refractivity contribution in [1.29, 1.82) is 0 Å². The predicted molar refractivity (Wildman–Crippen MR) is 55.9 cm³/mol. The molecule has 1 aromatic heterocycles. The van der Waals surface area contributed by atoms with Crippen molar-refractivity contribution in [3.05, 3.63) is 24.5 Å². The standard InChI is InChI=1S/C10H15NOS/c1-3-10(2,12)8-13-9-4-6-11-7-5-9/h4-7,12H,3,8H2,1-2H3. The third-order valence-electron chi connectivity index (χ3n) is 1.96. The molecule has 0 aliphatic heterocycles. The smallest absolute Gasteiger partial charge is 0.0710 e. The molecule has 1 heterocycles. The summed E-state index contributed by atoms with van der Waals surface area (Å²) < 4.78 is 0. The summed E-state index contributed by atoms with van der Waals surface area (Å²) in [4.78, 5) is 5.09. The number of aliphatic hydroxyl groups is 1. The Balaban J connectivity index is 2.44. The van der Waals surface area contributed by atoms with E-state index in [1.165, 1.54) is 0 Å². The van der Waals surface area contributed by atoms with Crippen LogP contribution in [-0.2, 0) is 0 Å². The van der Waals surface area contributed by atoms with E-state index < -0.39 is 5.60 Å². The highest BCUT2D eigenvalue weighted by Crippen LogP contribution is 2.23. The molecule has 1 unspecified atom stereocenters. The first kappa shape index (κ1) is 10.5. The maximum Gasteiger partial charge on any atom is 0.0710 e. The van der Waals surface area contributed by atoms with Crippen LogP contribution in [0.25, 0.3) is 0 Å². The maximum absolute atomic E-state index is 9.75. The van der Waals surface area contributed by atoms with E-state index in [9.17, 15) is 5.11 Å². The van der Waals surface area contributed by atoms with Crippen molar-refractivity contribution >= 4 is 11.8 Å². The highest BCUT2D eigenvalue weighted by molar-refractivity contribution is 7.99. The number of hydrogen-bond acceptors (Lipinski definition) is 3. The second kappa shape index (κ2) is 4.63. The molecule has 0 saturated carbocycles. The summed E-state index contributed by atoms with van der Waals surface area (Å²) in [6, 6.07) is 3.91. The van der Waals surface area contributed by atoms with Gasteiger partial charge in [-0.1, -0.05) is 6.92 Å². The van der Waals surface area contributed by atoms with Crippen LogP contribution >= 0.6 is 11.8 Å². The lowest BCUT2D eigenvalue weighted by Crippen LogP contribution is -2.25. The summed E-state index contributed by atoms with van der Waals surface area (Å²) >= 11 is 1.66. The first-order valence-corrected chi connectivity index (χ1v) is 5.38. The molecule has 1 aromatic rings. The zero-order valence-electron chi connectivity index (χ0n) is 8.03. The third-order valence-corrected chi connectivity index (χ3v) is 3.33. The van der Waals surface area contributed by atoms with Crippen LogP contribution in [0.15, 0.2) is 29.4 Å². The molecule has 1 rings (SSSR count). The fourth-order valence-corrected chi connectivity index (χ4v) is 1.77. The van der Waals surface area contributed by atoms with Gasteiger partial charge in [0.2, 0.25) is 0 Å². The first-order chi connectivity index (χ1) is 6.14. The number of hydrogen-bond donors (Lipinski definition) is 1. The highest BCUT2D eigenvalue weighted by atomic mass is 32.2. The monoisotopic (exact) mass is 197 g/mol. The topological polar surface area (TPSA) is 33.1 Å². The second-order valence-corrected chi connectivity index (χ2v) is 4.37. The van der Waals surface area contributed by atoms with Gasteiger partial charge in [0.15, 0.2) is 0 Å². The molecule has 0 fully saturated rings. The van der Waals surface area contributed by atoms with Gasteiger partial charge in [-0.15, -0.1) is 11.8 Å². The maximum atomic E-state index is 9.75. The summed E-state index contributed by atoms with van der Waals surface area (Å²) in [5.41, 5.74) is -0.562. The number of nitrogens with zero attached hydrogens (tertiary/aromatic N) is 1. The fraction of sp³-hybridized carbons (Fsp3) is 0.500. The minimum atomic E-state index is -0.562. The van der Waals surface area contributed by atoms with Crippen LogP contribution in [0.5, 0.6) is 0 Å². The van der Waals surface area contributed by atoms with E-state index in [2.05, 4.69) is 4.98 Å². The molecule has 3 heteroatoms. The number of pyridine rings is 1. The van der Waals surface area contributed by atoms with Gasteiger partial charge in [-0.2, -0.15) is 0 Å². The van der Waals surface area contributed by atoms with Crippen molar-refractivity contribution in [2.24, 2.45) is 0 Å². The Morgan fingerprint density at radius 3 is 2.62 bits per heavy atom. The van der Waals surface area contributed by atoms with Crippen LogP contribution in [0.2, 0.25) is 0 Å². The SMILES string of the molecule is CCC(C)(O)CSc1ccncc1. The minimum absolute atomic E-state index is 0.562. The number of rotatable bonds is 4. The van der Waals surface area contributed by atoms with Crippen LogP contribution < -0.4 is 0 Å². The molecule has 1 atom stereocenters. The van der Waals surface area contributed by atoms with Crippen molar-refractivity contribution in [2.45, 2.75) is 30.8 Å².